The van der Waals surface area contributed by atoms with Gasteiger partial charge in [-0.15, -0.1) is 0 Å². The summed E-state index contributed by atoms with van der Waals surface area (Å²) in [6, 6.07) is 1.94. The van der Waals surface area contributed by atoms with Gasteiger partial charge < -0.3 is 5.11 Å². The summed E-state index contributed by atoms with van der Waals surface area (Å²) in [5, 5.41) is 9.93. The van der Waals surface area contributed by atoms with Crippen LogP contribution in [0.3, 0.4) is 0 Å². The van der Waals surface area contributed by atoms with E-state index in [2.05, 4.69) is 14.3 Å². The van der Waals surface area contributed by atoms with E-state index in [9.17, 15) is 0 Å². The highest BCUT2D eigenvalue weighted by Gasteiger charge is 2.08. The highest BCUT2D eigenvalue weighted by Crippen LogP contribution is 2.29. The van der Waals surface area contributed by atoms with Crippen molar-refractivity contribution in [3.05, 3.63) is 29.2 Å². The molecule has 2 aromatic heterocycles. The summed E-state index contributed by atoms with van der Waals surface area (Å²) < 4.78 is 5.15. The van der Waals surface area contributed by atoms with Crippen LogP contribution in [0.15, 0.2) is 21.6 Å². The zero-order valence-corrected chi connectivity index (χ0v) is 11.3. The van der Waals surface area contributed by atoms with Crippen LogP contribution >= 0.6 is 23.3 Å². The van der Waals surface area contributed by atoms with Gasteiger partial charge in [0.25, 0.3) is 0 Å². The Morgan fingerprint density at radius 3 is 2.88 bits per heavy atom. The van der Waals surface area contributed by atoms with Gasteiger partial charge in [-0.05, 0) is 47.4 Å². The summed E-state index contributed by atoms with van der Waals surface area (Å²) in [4.78, 5) is 8.71. The minimum absolute atomic E-state index is 0.0254. The highest BCUT2D eigenvalue weighted by molar-refractivity contribution is 8.00. The lowest BCUT2D eigenvalue weighted by atomic mass is 10.2. The summed E-state index contributed by atoms with van der Waals surface area (Å²) in [6.07, 6.45) is 2.55. The van der Waals surface area contributed by atoms with Crippen molar-refractivity contribution in [1.82, 2.24) is 14.3 Å². The Hall–Kier alpha value is -0.980. The molecule has 0 saturated heterocycles. The second-order valence-electron chi connectivity index (χ2n) is 3.56. The van der Waals surface area contributed by atoms with E-state index in [1.54, 1.807) is 6.20 Å². The first-order chi connectivity index (χ1) is 8.22. The molecule has 0 atom stereocenters. The Morgan fingerprint density at radius 2 is 2.29 bits per heavy atom. The maximum atomic E-state index is 9.01. The molecule has 0 unspecified atom stereocenters. The fraction of sp³-hybridized carbons (Fsp3) is 0.364. The zero-order valence-electron chi connectivity index (χ0n) is 9.67. The number of hydrogen-bond donors (Lipinski definition) is 1. The number of nitrogens with zero attached hydrogens (tertiary/aromatic N) is 3. The maximum absolute atomic E-state index is 9.01. The van der Waals surface area contributed by atoms with Gasteiger partial charge in [0.15, 0.2) is 4.34 Å². The fourth-order valence-electron chi connectivity index (χ4n) is 1.32. The molecule has 0 fully saturated rings. The van der Waals surface area contributed by atoms with E-state index in [0.717, 1.165) is 32.7 Å². The number of aliphatic hydroxyl groups excluding tert-OH is 1. The lowest BCUT2D eigenvalue weighted by Gasteiger charge is -2.03. The number of rotatable bonds is 4. The molecule has 2 heterocycles. The van der Waals surface area contributed by atoms with Crippen molar-refractivity contribution >= 4 is 23.3 Å². The maximum Gasteiger partial charge on any atom is 0.176 e. The van der Waals surface area contributed by atoms with Gasteiger partial charge in [0.2, 0.25) is 0 Å². The molecule has 4 nitrogen and oxygen atoms in total. The molecule has 0 radical (unpaired) electrons. The highest BCUT2D eigenvalue weighted by atomic mass is 32.2. The Labute approximate surface area is 108 Å². The summed E-state index contributed by atoms with van der Waals surface area (Å²) in [6.45, 7) is 4.05. The van der Waals surface area contributed by atoms with Gasteiger partial charge in [-0.3, -0.25) is 0 Å². The fourth-order valence-corrected chi connectivity index (χ4v) is 2.96. The molecule has 2 rings (SSSR count). The number of aliphatic hydroxyl groups is 1. The van der Waals surface area contributed by atoms with E-state index >= 15 is 0 Å². The van der Waals surface area contributed by atoms with Crippen LogP contribution in [0.1, 0.15) is 23.9 Å². The van der Waals surface area contributed by atoms with Crippen molar-refractivity contribution in [3.8, 4) is 0 Å². The van der Waals surface area contributed by atoms with Crippen LogP contribution in [0, 0.1) is 6.92 Å². The first-order valence-electron chi connectivity index (χ1n) is 5.29. The summed E-state index contributed by atoms with van der Waals surface area (Å²) in [7, 11) is 0. The van der Waals surface area contributed by atoms with Gasteiger partial charge in [-0.2, -0.15) is 4.37 Å². The van der Waals surface area contributed by atoms with Gasteiger partial charge in [0, 0.05) is 12.6 Å². The lowest BCUT2D eigenvalue weighted by Crippen LogP contribution is -1.90. The Kier molecular flexibility index (Phi) is 4.09. The second-order valence-corrected chi connectivity index (χ2v) is 5.54. The first kappa shape index (κ1) is 12.5. The molecule has 2 aromatic rings. The monoisotopic (exact) mass is 267 g/mol. The van der Waals surface area contributed by atoms with Crippen LogP contribution in [0.5, 0.6) is 0 Å². The van der Waals surface area contributed by atoms with E-state index in [4.69, 9.17) is 5.11 Å². The SMILES string of the molecule is CCc1nsc(Sc2ncc(CO)cc2C)n1. The molecule has 1 N–H and O–H groups in total. The Bertz CT molecular complexity index is 513. The van der Waals surface area contributed by atoms with Crippen molar-refractivity contribution in [2.45, 2.75) is 36.2 Å². The zero-order chi connectivity index (χ0) is 12.3. The summed E-state index contributed by atoms with van der Waals surface area (Å²) >= 11 is 2.92. The average Bonchev–Trinajstić information content (AvgIpc) is 2.79. The molecule has 0 aromatic carbocycles. The van der Waals surface area contributed by atoms with Crippen LogP contribution < -0.4 is 0 Å². The van der Waals surface area contributed by atoms with Crippen molar-refractivity contribution in [2.75, 3.05) is 0 Å². The molecule has 0 aliphatic carbocycles. The van der Waals surface area contributed by atoms with E-state index < -0.39 is 0 Å². The van der Waals surface area contributed by atoms with Crippen molar-refractivity contribution in [3.63, 3.8) is 0 Å². The molecule has 0 aliphatic heterocycles. The number of aryl methyl sites for hydroxylation is 2. The first-order valence-corrected chi connectivity index (χ1v) is 6.88. The van der Waals surface area contributed by atoms with E-state index in [-0.39, 0.29) is 6.61 Å². The van der Waals surface area contributed by atoms with Gasteiger partial charge >= 0.3 is 0 Å². The minimum Gasteiger partial charge on any atom is -0.392 e. The van der Waals surface area contributed by atoms with Crippen molar-refractivity contribution < 1.29 is 5.11 Å². The van der Waals surface area contributed by atoms with Crippen LogP contribution in [-0.4, -0.2) is 19.4 Å². The van der Waals surface area contributed by atoms with Crippen LogP contribution in [0.25, 0.3) is 0 Å². The Balaban J connectivity index is 2.18. The van der Waals surface area contributed by atoms with Gasteiger partial charge in [0.1, 0.15) is 10.9 Å². The van der Waals surface area contributed by atoms with Crippen LogP contribution in [0.2, 0.25) is 0 Å². The van der Waals surface area contributed by atoms with Gasteiger partial charge in [0.05, 0.1) is 6.61 Å². The molecular weight excluding hydrogens is 254 g/mol. The standard InChI is InChI=1S/C11H13N3OS2/c1-3-9-13-11(17-14-9)16-10-7(2)4-8(6-15)5-12-10/h4-5,15H,3,6H2,1-2H3. The predicted molar refractivity (Wildman–Crippen MR) is 68.3 cm³/mol. The molecular formula is C11H13N3OS2. The van der Waals surface area contributed by atoms with E-state index in [1.807, 2.05) is 19.9 Å². The van der Waals surface area contributed by atoms with Gasteiger partial charge in [-0.25, -0.2) is 9.97 Å². The lowest BCUT2D eigenvalue weighted by molar-refractivity contribution is 0.281. The smallest absolute Gasteiger partial charge is 0.176 e. The summed E-state index contributed by atoms with van der Waals surface area (Å²) in [5.41, 5.74) is 1.88. The van der Waals surface area contributed by atoms with Crippen LogP contribution in [0.4, 0.5) is 0 Å². The molecule has 0 amide bonds. The molecule has 17 heavy (non-hydrogen) atoms. The molecule has 0 bridgehead atoms. The average molecular weight is 267 g/mol. The molecule has 0 spiro atoms. The molecule has 0 saturated carbocycles. The third kappa shape index (κ3) is 3.02. The number of aromatic nitrogens is 3. The minimum atomic E-state index is 0.0254. The van der Waals surface area contributed by atoms with Crippen molar-refractivity contribution in [1.29, 1.82) is 0 Å². The molecule has 6 heteroatoms. The summed E-state index contributed by atoms with van der Waals surface area (Å²) in [5.74, 6) is 0.877. The third-order valence-electron chi connectivity index (χ3n) is 2.22. The van der Waals surface area contributed by atoms with Crippen LogP contribution in [-0.2, 0) is 13.0 Å². The van der Waals surface area contributed by atoms with E-state index in [0.29, 0.717) is 0 Å². The van der Waals surface area contributed by atoms with Crippen molar-refractivity contribution in [2.24, 2.45) is 0 Å². The topological polar surface area (TPSA) is 58.9 Å². The largest absolute Gasteiger partial charge is 0.392 e. The Morgan fingerprint density at radius 1 is 1.47 bits per heavy atom. The van der Waals surface area contributed by atoms with E-state index in [1.165, 1.54) is 23.3 Å². The molecule has 0 aliphatic rings. The predicted octanol–water partition coefficient (Wildman–Crippen LogP) is 2.45. The van der Waals surface area contributed by atoms with Gasteiger partial charge in [-0.1, -0.05) is 6.92 Å². The second kappa shape index (κ2) is 5.57. The third-order valence-corrected chi connectivity index (χ3v) is 4.13. The quantitative estimate of drug-likeness (QED) is 0.922. The molecule has 90 valence electrons. The number of hydrogen-bond acceptors (Lipinski definition) is 6. The normalized spacial score (nSPS) is 10.8. The number of pyridine rings is 1.